The predicted molar refractivity (Wildman–Crippen MR) is 92.3 cm³/mol. The summed E-state index contributed by atoms with van der Waals surface area (Å²) in [4.78, 5) is 11.9. The zero-order chi connectivity index (χ0) is 17.4. The van der Waals surface area contributed by atoms with Crippen LogP contribution in [-0.4, -0.2) is 38.9 Å². The van der Waals surface area contributed by atoms with Gasteiger partial charge in [-0.25, -0.2) is 4.39 Å². The van der Waals surface area contributed by atoms with E-state index in [9.17, 15) is 9.18 Å². The molecule has 0 unspecified atom stereocenters. The fraction of sp³-hybridized carbons (Fsp3) is 0.111. The number of nitrogens with one attached hydrogen (secondary N) is 2. The van der Waals surface area contributed by atoms with Gasteiger partial charge in [0.1, 0.15) is 5.82 Å². The van der Waals surface area contributed by atoms with Crippen molar-refractivity contribution in [3.8, 4) is 5.69 Å². The van der Waals surface area contributed by atoms with Crippen LogP contribution in [0.2, 0.25) is 0 Å². The molecule has 2 aromatic heterocycles. The van der Waals surface area contributed by atoms with E-state index in [1.807, 2.05) is 16.7 Å². The third-order valence-corrected chi connectivity index (χ3v) is 4.11. The second-order valence-electron chi connectivity index (χ2n) is 5.65. The van der Waals surface area contributed by atoms with Crippen LogP contribution in [0, 0.1) is 5.82 Å². The van der Waals surface area contributed by atoms with Gasteiger partial charge in [0, 0.05) is 23.2 Å². The van der Waals surface area contributed by atoms with Crippen LogP contribution in [0.15, 0.2) is 48.7 Å². The van der Waals surface area contributed by atoms with E-state index >= 15 is 0 Å². The SMILES string of the molecule is O=C(NCCO)c1ccc(-n2c3ccc(F)cc3c3[nH]ncc32)cc1. The van der Waals surface area contributed by atoms with Gasteiger partial charge in [-0.05, 0) is 42.5 Å². The van der Waals surface area contributed by atoms with Gasteiger partial charge in [-0.15, -0.1) is 0 Å². The molecular formula is C18H15FN4O2. The molecule has 2 aromatic carbocycles. The summed E-state index contributed by atoms with van der Waals surface area (Å²) in [6.07, 6.45) is 1.69. The molecule has 0 saturated heterocycles. The first-order chi connectivity index (χ1) is 12.2. The molecule has 25 heavy (non-hydrogen) atoms. The Bertz CT molecular complexity index is 1070. The first-order valence-corrected chi connectivity index (χ1v) is 7.81. The van der Waals surface area contributed by atoms with Crippen molar-refractivity contribution >= 4 is 27.8 Å². The molecule has 0 aliphatic heterocycles. The van der Waals surface area contributed by atoms with Gasteiger partial charge < -0.3 is 15.0 Å². The van der Waals surface area contributed by atoms with Crippen LogP contribution >= 0.6 is 0 Å². The number of aromatic nitrogens is 3. The number of hydrogen-bond acceptors (Lipinski definition) is 3. The standard InChI is InChI=1S/C18H15FN4O2/c19-12-3-6-15-14(9-12)17-16(10-21-22-17)23(15)13-4-1-11(2-5-13)18(25)20-7-8-24/h1-6,9-10,24H,7-8H2,(H,20,25)(H,21,22). The maximum atomic E-state index is 13.6. The van der Waals surface area contributed by atoms with Crippen molar-refractivity contribution in [2.75, 3.05) is 13.2 Å². The monoisotopic (exact) mass is 338 g/mol. The Labute approximate surface area is 141 Å². The van der Waals surface area contributed by atoms with Crippen molar-refractivity contribution in [2.45, 2.75) is 0 Å². The average Bonchev–Trinajstić information content (AvgIpc) is 3.20. The third-order valence-electron chi connectivity index (χ3n) is 4.11. The Hall–Kier alpha value is -3.19. The summed E-state index contributed by atoms with van der Waals surface area (Å²) in [6.45, 7) is 0.109. The molecule has 0 aliphatic rings. The number of carbonyl (C=O) groups excluding carboxylic acids is 1. The normalized spacial score (nSPS) is 11.3. The lowest BCUT2D eigenvalue weighted by Crippen LogP contribution is -2.26. The summed E-state index contributed by atoms with van der Waals surface area (Å²) >= 11 is 0. The van der Waals surface area contributed by atoms with E-state index < -0.39 is 0 Å². The number of aliphatic hydroxyl groups is 1. The van der Waals surface area contributed by atoms with E-state index in [2.05, 4.69) is 15.5 Å². The van der Waals surface area contributed by atoms with Gasteiger partial charge in [-0.1, -0.05) is 0 Å². The lowest BCUT2D eigenvalue weighted by Gasteiger charge is -2.08. The number of aromatic amines is 1. The highest BCUT2D eigenvalue weighted by Crippen LogP contribution is 2.30. The van der Waals surface area contributed by atoms with E-state index in [0.29, 0.717) is 5.56 Å². The van der Waals surface area contributed by atoms with Crippen molar-refractivity contribution < 1.29 is 14.3 Å². The first-order valence-electron chi connectivity index (χ1n) is 7.81. The second kappa shape index (κ2) is 6.03. The van der Waals surface area contributed by atoms with Crippen molar-refractivity contribution in [1.82, 2.24) is 20.1 Å². The largest absolute Gasteiger partial charge is 0.395 e. The average molecular weight is 338 g/mol. The maximum Gasteiger partial charge on any atom is 0.251 e. The molecule has 0 fully saturated rings. The fourth-order valence-corrected chi connectivity index (χ4v) is 2.99. The minimum absolute atomic E-state index is 0.103. The molecule has 4 aromatic rings. The number of rotatable bonds is 4. The lowest BCUT2D eigenvalue weighted by molar-refractivity contribution is 0.0945. The quantitative estimate of drug-likeness (QED) is 0.534. The number of hydrogen-bond donors (Lipinski definition) is 3. The van der Waals surface area contributed by atoms with Crippen LogP contribution in [0.25, 0.3) is 27.6 Å². The van der Waals surface area contributed by atoms with E-state index in [1.165, 1.54) is 12.1 Å². The predicted octanol–water partition coefficient (Wildman–Crippen LogP) is 2.37. The molecule has 0 aliphatic carbocycles. The molecule has 0 bridgehead atoms. The molecule has 0 atom stereocenters. The van der Waals surface area contributed by atoms with E-state index in [0.717, 1.165) is 27.6 Å². The molecule has 3 N–H and O–H groups in total. The number of aliphatic hydroxyl groups excluding tert-OH is 1. The molecule has 2 heterocycles. The summed E-state index contributed by atoms with van der Waals surface area (Å²) in [5, 5.41) is 19.1. The molecule has 1 amide bonds. The van der Waals surface area contributed by atoms with Gasteiger partial charge in [-0.2, -0.15) is 5.10 Å². The Morgan fingerprint density at radius 3 is 2.76 bits per heavy atom. The van der Waals surface area contributed by atoms with Crippen LogP contribution in [0.4, 0.5) is 4.39 Å². The van der Waals surface area contributed by atoms with Gasteiger partial charge in [0.05, 0.1) is 29.4 Å². The summed E-state index contributed by atoms with van der Waals surface area (Å²) < 4.78 is 15.6. The highest BCUT2D eigenvalue weighted by atomic mass is 19.1. The zero-order valence-corrected chi connectivity index (χ0v) is 13.2. The zero-order valence-electron chi connectivity index (χ0n) is 13.2. The van der Waals surface area contributed by atoms with E-state index in [4.69, 9.17) is 5.11 Å². The van der Waals surface area contributed by atoms with Gasteiger partial charge in [0.25, 0.3) is 5.91 Å². The molecule has 7 heteroatoms. The summed E-state index contributed by atoms with van der Waals surface area (Å²) in [6, 6.07) is 11.7. The first kappa shape index (κ1) is 15.3. The molecular weight excluding hydrogens is 323 g/mol. The van der Waals surface area contributed by atoms with Gasteiger partial charge in [-0.3, -0.25) is 9.89 Å². The highest BCUT2D eigenvalue weighted by molar-refractivity contribution is 6.07. The smallest absolute Gasteiger partial charge is 0.251 e. The van der Waals surface area contributed by atoms with Crippen molar-refractivity contribution in [2.24, 2.45) is 0 Å². The number of nitrogens with zero attached hydrogens (tertiary/aromatic N) is 2. The molecule has 126 valence electrons. The molecule has 4 rings (SSSR count). The summed E-state index contributed by atoms with van der Waals surface area (Å²) in [5.74, 6) is -0.550. The van der Waals surface area contributed by atoms with Crippen molar-refractivity contribution in [3.63, 3.8) is 0 Å². The number of carbonyl (C=O) groups is 1. The minimum atomic E-state index is -0.308. The number of halogens is 1. The van der Waals surface area contributed by atoms with Gasteiger partial charge in [0.2, 0.25) is 0 Å². The highest BCUT2D eigenvalue weighted by Gasteiger charge is 2.15. The molecule has 6 nitrogen and oxygen atoms in total. The van der Waals surface area contributed by atoms with Crippen LogP contribution in [0.3, 0.4) is 0 Å². The lowest BCUT2D eigenvalue weighted by atomic mass is 10.2. The Morgan fingerprint density at radius 1 is 1.20 bits per heavy atom. The van der Waals surface area contributed by atoms with Crippen LogP contribution < -0.4 is 5.32 Å². The van der Waals surface area contributed by atoms with Crippen molar-refractivity contribution in [3.05, 3.63) is 60.0 Å². The molecule has 0 saturated carbocycles. The maximum absolute atomic E-state index is 13.6. The van der Waals surface area contributed by atoms with Crippen molar-refractivity contribution in [1.29, 1.82) is 0 Å². The van der Waals surface area contributed by atoms with Gasteiger partial charge in [0.15, 0.2) is 0 Å². The van der Waals surface area contributed by atoms with E-state index in [-0.39, 0.29) is 24.9 Å². The Morgan fingerprint density at radius 2 is 2.00 bits per heavy atom. The number of H-pyrrole nitrogens is 1. The number of fused-ring (bicyclic) bond motifs is 3. The fourth-order valence-electron chi connectivity index (χ4n) is 2.99. The minimum Gasteiger partial charge on any atom is -0.395 e. The van der Waals surface area contributed by atoms with Crippen LogP contribution in [0.5, 0.6) is 0 Å². The molecule has 0 radical (unpaired) electrons. The number of benzene rings is 2. The van der Waals surface area contributed by atoms with Crippen LogP contribution in [0.1, 0.15) is 10.4 Å². The third kappa shape index (κ3) is 2.54. The second-order valence-corrected chi connectivity index (χ2v) is 5.65. The summed E-state index contributed by atoms with van der Waals surface area (Å²) in [5.41, 5.74) is 3.79. The Balaban J connectivity index is 1.81. The molecule has 0 spiro atoms. The topological polar surface area (TPSA) is 82.9 Å². The summed E-state index contributed by atoms with van der Waals surface area (Å²) in [7, 11) is 0. The van der Waals surface area contributed by atoms with E-state index in [1.54, 1.807) is 24.4 Å². The van der Waals surface area contributed by atoms with Gasteiger partial charge >= 0.3 is 0 Å². The van der Waals surface area contributed by atoms with Crippen LogP contribution in [-0.2, 0) is 0 Å². The number of amides is 1. The Kier molecular flexibility index (Phi) is 3.70.